The van der Waals surface area contributed by atoms with Crippen molar-refractivity contribution in [1.82, 2.24) is 10.2 Å². The second kappa shape index (κ2) is 10.3. The SMILES string of the molecule is COc1ccc(C(=O)c2c(C(=O)NCCCN(C)C)oc3ccc(C)cc3c2=O)cc1OC. The van der Waals surface area contributed by atoms with Gasteiger partial charge in [-0.05, 0) is 64.3 Å². The zero-order chi connectivity index (χ0) is 24.1. The Morgan fingerprint density at radius 3 is 2.42 bits per heavy atom. The molecule has 2 aromatic carbocycles. The number of hydrogen-bond acceptors (Lipinski definition) is 7. The monoisotopic (exact) mass is 452 g/mol. The number of aryl methyl sites for hydroxylation is 1. The Bertz CT molecular complexity index is 1250. The van der Waals surface area contributed by atoms with Gasteiger partial charge in [0.05, 0.1) is 19.6 Å². The molecule has 0 unspecified atom stereocenters. The normalized spacial score (nSPS) is 11.0. The van der Waals surface area contributed by atoms with Gasteiger partial charge >= 0.3 is 0 Å². The van der Waals surface area contributed by atoms with E-state index < -0.39 is 17.1 Å². The summed E-state index contributed by atoms with van der Waals surface area (Å²) in [5.74, 6) is -0.780. The largest absolute Gasteiger partial charge is 0.493 e. The van der Waals surface area contributed by atoms with Gasteiger partial charge in [-0.1, -0.05) is 11.6 Å². The summed E-state index contributed by atoms with van der Waals surface area (Å²) in [6, 6.07) is 9.60. The summed E-state index contributed by atoms with van der Waals surface area (Å²) in [4.78, 5) is 41.8. The molecule has 3 aromatic rings. The van der Waals surface area contributed by atoms with E-state index in [1.807, 2.05) is 25.9 Å². The standard InChI is InChI=1S/C25H28N2O6/c1-15-7-9-18-17(13-15)23(29)21(24(33-18)25(30)26-11-6-12-27(2)3)22(28)16-8-10-19(31-4)20(14-16)32-5/h7-10,13-14H,6,11-12H2,1-5H3,(H,26,30). The molecule has 33 heavy (non-hydrogen) atoms. The van der Waals surface area contributed by atoms with E-state index in [0.29, 0.717) is 24.5 Å². The maximum atomic E-state index is 13.5. The fourth-order valence-electron chi connectivity index (χ4n) is 3.47. The first-order chi connectivity index (χ1) is 15.8. The Morgan fingerprint density at radius 1 is 1.03 bits per heavy atom. The maximum absolute atomic E-state index is 13.5. The number of amides is 1. The summed E-state index contributed by atoms with van der Waals surface area (Å²) in [5, 5.41) is 2.99. The molecule has 8 nitrogen and oxygen atoms in total. The number of hydrogen-bond donors (Lipinski definition) is 1. The lowest BCUT2D eigenvalue weighted by Gasteiger charge is -2.13. The summed E-state index contributed by atoms with van der Waals surface area (Å²) in [7, 11) is 6.81. The van der Waals surface area contributed by atoms with E-state index in [1.54, 1.807) is 24.3 Å². The third-order valence-electron chi connectivity index (χ3n) is 5.19. The van der Waals surface area contributed by atoms with Crippen molar-refractivity contribution in [2.75, 3.05) is 41.4 Å². The molecule has 0 bridgehead atoms. The lowest BCUT2D eigenvalue weighted by atomic mass is 9.99. The van der Waals surface area contributed by atoms with Gasteiger partial charge in [-0.15, -0.1) is 0 Å². The van der Waals surface area contributed by atoms with Crippen molar-refractivity contribution in [2.45, 2.75) is 13.3 Å². The van der Waals surface area contributed by atoms with Crippen molar-refractivity contribution in [3.63, 3.8) is 0 Å². The zero-order valence-corrected chi connectivity index (χ0v) is 19.5. The molecule has 8 heteroatoms. The molecule has 1 N–H and O–H groups in total. The molecule has 174 valence electrons. The molecule has 0 aliphatic rings. The number of ether oxygens (including phenoxy) is 2. The molecule has 0 aliphatic heterocycles. The van der Waals surface area contributed by atoms with Crippen LogP contribution in [0, 0.1) is 6.92 Å². The predicted molar refractivity (Wildman–Crippen MR) is 126 cm³/mol. The number of fused-ring (bicyclic) bond motifs is 1. The average Bonchev–Trinajstić information content (AvgIpc) is 2.80. The third kappa shape index (κ3) is 5.23. The van der Waals surface area contributed by atoms with Crippen LogP contribution in [-0.2, 0) is 0 Å². The molecule has 0 aliphatic carbocycles. The predicted octanol–water partition coefficient (Wildman–Crippen LogP) is 3.03. The molecule has 0 saturated carbocycles. The zero-order valence-electron chi connectivity index (χ0n) is 19.5. The number of carbonyl (C=O) groups is 2. The number of carbonyl (C=O) groups excluding carboxylic acids is 2. The Morgan fingerprint density at radius 2 is 1.76 bits per heavy atom. The number of ketones is 1. The maximum Gasteiger partial charge on any atom is 0.287 e. The number of nitrogens with zero attached hydrogens (tertiary/aromatic N) is 1. The molecule has 3 rings (SSSR count). The molecule has 0 radical (unpaired) electrons. The minimum absolute atomic E-state index is 0.175. The van der Waals surface area contributed by atoms with Crippen LogP contribution in [0.25, 0.3) is 11.0 Å². The number of methoxy groups -OCH3 is 2. The summed E-state index contributed by atoms with van der Waals surface area (Å²) < 4.78 is 16.3. The van der Waals surface area contributed by atoms with Crippen molar-refractivity contribution in [3.8, 4) is 11.5 Å². The van der Waals surface area contributed by atoms with Crippen LogP contribution in [0.4, 0.5) is 0 Å². The van der Waals surface area contributed by atoms with Gasteiger partial charge in [0.25, 0.3) is 5.91 Å². The van der Waals surface area contributed by atoms with Crippen LogP contribution < -0.4 is 20.2 Å². The van der Waals surface area contributed by atoms with E-state index in [-0.39, 0.29) is 27.9 Å². The first-order valence-electron chi connectivity index (χ1n) is 10.5. The van der Waals surface area contributed by atoms with E-state index in [1.165, 1.54) is 26.4 Å². The second-order valence-corrected chi connectivity index (χ2v) is 7.95. The van der Waals surface area contributed by atoms with Gasteiger partial charge in [0.15, 0.2) is 11.5 Å². The van der Waals surface area contributed by atoms with E-state index in [4.69, 9.17) is 13.9 Å². The van der Waals surface area contributed by atoms with Crippen LogP contribution in [0.1, 0.15) is 38.5 Å². The van der Waals surface area contributed by atoms with E-state index >= 15 is 0 Å². The van der Waals surface area contributed by atoms with Gasteiger partial charge in [-0.2, -0.15) is 0 Å². The smallest absolute Gasteiger partial charge is 0.287 e. The molecule has 0 fully saturated rings. The molecule has 0 saturated heterocycles. The van der Waals surface area contributed by atoms with Crippen molar-refractivity contribution in [3.05, 3.63) is 69.1 Å². The quantitative estimate of drug-likeness (QED) is 0.394. The van der Waals surface area contributed by atoms with Crippen LogP contribution in [0.3, 0.4) is 0 Å². The fourth-order valence-corrected chi connectivity index (χ4v) is 3.47. The minimum atomic E-state index is -0.633. The second-order valence-electron chi connectivity index (χ2n) is 7.95. The highest BCUT2D eigenvalue weighted by molar-refractivity contribution is 6.15. The molecular formula is C25H28N2O6. The van der Waals surface area contributed by atoms with Crippen LogP contribution in [0.2, 0.25) is 0 Å². The third-order valence-corrected chi connectivity index (χ3v) is 5.19. The summed E-state index contributed by atoms with van der Waals surface area (Å²) in [6.45, 7) is 2.98. The average molecular weight is 453 g/mol. The summed E-state index contributed by atoms with van der Waals surface area (Å²) in [5.41, 5.74) is 0.380. The van der Waals surface area contributed by atoms with E-state index in [0.717, 1.165) is 12.1 Å². The van der Waals surface area contributed by atoms with Gasteiger partial charge in [0, 0.05) is 12.1 Å². The molecule has 1 heterocycles. The summed E-state index contributed by atoms with van der Waals surface area (Å²) in [6.07, 6.45) is 0.703. The van der Waals surface area contributed by atoms with Gasteiger partial charge in [0.1, 0.15) is 11.1 Å². The lowest BCUT2D eigenvalue weighted by molar-refractivity contribution is 0.0912. The fraction of sp³-hybridized carbons (Fsp3) is 0.320. The van der Waals surface area contributed by atoms with Crippen molar-refractivity contribution < 1.29 is 23.5 Å². The van der Waals surface area contributed by atoms with Crippen molar-refractivity contribution >= 4 is 22.7 Å². The van der Waals surface area contributed by atoms with E-state index in [9.17, 15) is 14.4 Å². The Kier molecular flexibility index (Phi) is 7.50. The molecule has 1 aromatic heterocycles. The van der Waals surface area contributed by atoms with Crippen LogP contribution >= 0.6 is 0 Å². The lowest BCUT2D eigenvalue weighted by Crippen LogP contribution is -2.31. The first-order valence-corrected chi connectivity index (χ1v) is 10.5. The summed E-state index contributed by atoms with van der Waals surface area (Å²) >= 11 is 0. The van der Waals surface area contributed by atoms with Gasteiger partial charge in [0.2, 0.25) is 17.0 Å². The Hall–Kier alpha value is -3.65. The first kappa shape index (κ1) is 24.0. The highest BCUT2D eigenvalue weighted by atomic mass is 16.5. The highest BCUT2D eigenvalue weighted by Crippen LogP contribution is 2.29. The Labute approximate surface area is 192 Å². The van der Waals surface area contributed by atoms with Gasteiger partial charge in [-0.25, -0.2) is 0 Å². The molecule has 0 atom stereocenters. The van der Waals surface area contributed by atoms with Gasteiger partial charge in [-0.3, -0.25) is 14.4 Å². The number of benzene rings is 2. The molecule has 1 amide bonds. The van der Waals surface area contributed by atoms with Crippen LogP contribution in [0.5, 0.6) is 11.5 Å². The minimum Gasteiger partial charge on any atom is -0.493 e. The highest BCUT2D eigenvalue weighted by Gasteiger charge is 2.27. The van der Waals surface area contributed by atoms with Crippen LogP contribution in [0.15, 0.2) is 45.6 Å². The molecule has 0 spiro atoms. The molecular weight excluding hydrogens is 424 g/mol. The number of nitrogens with one attached hydrogen (secondary N) is 1. The number of rotatable bonds is 9. The van der Waals surface area contributed by atoms with Crippen molar-refractivity contribution in [1.29, 1.82) is 0 Å². The topological polar surface area (TPSA) is 98.1 Å². The van der Waals surface area contributed by atoms with Gasteiger partial charge < -0.3 is 24.1 Å². The Balaban J connectivity index is 2.10. The van der Waals surface area contributed by atoms with Crippen molar-refractivity contribution in [2.24, 2.45) is 0 Å². The van der Waals surface area contributed by atoms with E-state index in [2.05, 4.69) is 5.32 Å². The van der Waals surface area contributed by atoms with Crippen LogP contribution in [-0.4, -0.2) is 58.0 Å².